The lowest BCUT2D eigenvalue weighted by Crippen LogP contribution is -2.43. The highest BCUT2D eigenvalue weighted by Crippen LogP contribution is 2.32. The monoisotopic (exact) mass is 383 g/mol. The van der Waals surface area contributed by atoms with Crippen molar-refractivity contribution in [1.82, 2.24) is 4.90 Å². The number of carbonyl (C=O) groups excluding carboxylic acids is 2. The molecule has 2 heterocycles. The minimum absolute atomic E-state index is 0.0329. The molecule has 2 aliphatic rings. The van der Waals surface area contributed by atoms with Crippen LogP contribution < -0.4 is 9.47 Å². The Bertz CT molecular complexity index is 805. The van der Waals surface area contributed by atoms with E-state index in [0.29, 0.717) is 30.9 Å². The van der Waals surface area contributed by atoms with Crippen molar-refractivity contribution in [3.8, 4) is 11.5 Å². The van der Waals surface area contributed by atoms with Crippen molar-refractivity contribution in [1.29, 1.82) is 0 Å². The number of ether oxygens (including phenoxy) is 3. The first-order valence-corrected chi connectivity index (χ1v) is 10.3. The van der Waals surface area contributed by atoms with Crippen LogP contribution in [0.15, 0.2) is 18.2 Å². The number of esters is 1. The van der Waals surface area contributed by atoms with Crippen molar-refractivity contribution >= 4 is 21.7 Å². The molecule has 0 aromatic heterocycles. The number of fused-ring (bicyclic) bond motifs is 1. The molecule has 0 saturated carbocycles. The molecule has 0 spiro atoms. The standard InChI is InChI=1S/C17H21NO7S/c1-2-6-18(13-5-7-26(21,22)10-13)16(19)9-23-17(20)12-3-4-14-15(8-12)25-11-24-14/h3-4,8,13H,2,5-7,9-11H2,1H3/t13-/m1/s1. The SMILES string of the molecule is CCCN(C(=O)COC(=O)c1ccc2c(c1)OCO2)[C@@H]1CCS(=O)(=O)C1. The Labute approximate surface area is 151 Å². The number of amides is 1. The van der Waals surface area contributed by atoms with Crippen LogP contribution in [0.2, 0.25) is 0 Å². The van der Waals surface area contributed by atoms with Crippen molar-refractivity contribution in [2.75, 3.05) is 31.5 Å². The second-order valence-electron chi connectivity index (χ2n) is 6.29. The van der Waals surface area contributed by atoms with Crippen molar-refractivity contribution in [3.05, 3.63) is 23.8 Å². The highest BCUT2D eigenvalue weighted by Gasteiger charge is 2.34. The zero-order chi connectivity index (χ0) is 18.7. The van der Waals surface area contributed by atoms with Gasteiger partial charge in [-0.25, -0.2) is 13.2 Å². The predicted molar refractivity (Wildman–Crippen MR) is 91.9 cm³/mol. The molecule has 8 nitrogen and oxygen atoms in total. The number of benzene rings is 1. The molecule has 1 fully saturated rings. The van der Waals surface area contributed by atoms with Gasteiger partial charge in [0.1, 0.15) is 0 Å². The van der Waals surface area contributed by atoms with E-state index >= 15 is 0 Å². The highest BCUT2D eigenvalue weighted by molar-refractivity contribution is 7.91. The van der Waals surface area contributed by atoms with Crippen molar-refractivity contribution in [2.24, 2.45) is 0 Å². The molecule has 0 N–H and O–H groups in total. The first-order chi connectivity index (χ1) is 12.4. The van der Waals surface area contributed by atoms with Crippen LogP contribution in [0.3, 0.4) is 0 Å². The van der Waals surface area contributed by atoms with E-state index in [4.69, 9.17) is 14.2 Å². The summed E-state index contributed by atoms with van der Waals surface area (Å²) >= 11 is 0. The van der Waals surface area contributed by atoms with Gasteiger partial charge in [0.25, 0.3) is 5.91 Å². The Balaban J connectivity index is 1.60. The maximum absolute atomic E-state index is 12.5. The van der Waals surface area contributed by atoms with Gasteiger partial charge in [-0.1, -0.05) is 6.92 Å². The topological polar surface area (TPSA) is 99.2 Å². The molecular weight excluding hydrogens is 362 g/mol. The number of sulfone groups is 1. The molecule has 3 rings (SSSR count). The van der Waals surface area contributed by atoms with E-state index in [1.165, 1.54) is 17.0 Å². The average molecular weight is 383 g/mol. The molecule has 0 radical (unpaired) electrons. The van der Waals surface area contributed by atoms with Crippen LogP contribution in [0.5, 0.6) is 11.5 Å². The molecule has 1 atom stereocenters. The van der Waals surface area contributed by atoms with Gasteiger partial charge >= 0.3 is 5.97 Å². The Kier molecular flexibility index (Phi) is 5.36. The van der Waals surface area contributed by atoms with Gasteiger partial charge in [-0.3, -0.25) is 4.79 Å². The first kappa shape index (κ1) is 18.5. The van der Waals surface area contributed by atoms with Gasteiger partial charge in [0.05, 0.1) is 17.1 Å². The molecular formula is C17H21NO7S. The van der Waals surface area contributed by atoms with Crippen molar-refractivity contribution in [3.63, 3.8) is 0 Å². The van der Waals surface area contributed by atoms with E-state index in [1.807, 2.05) is 6.92 Å². The van der Waals surface area contributed by atoms with Crippen LogP contribution in [0.4, 0.5) is 0 Å². The Hall–Kier alpha value is -2.29. The largest absolute Gasteiger partial charge is 0.454 e. The van der Waals surface area contributed by atoms with Gasteiger partial charge in [-0.15, -0.1) is 0 Å². The van der Waals surface area contributed by atoms with E-state index in [-0.39, 0.29) is 35.8 Å². The van der Waals surface area contributed by atoms with Crippen molar-refractivity contribution < 1.29 is 32.2 Å². The fourth-order valence-electron chi connectivity index (χ4n) is 3.09. The van der Waals surface area contributed by atoms with Gasteiger partial charge in [0, 0.05) is 12.6 Å². The summed E-state index contributed by atoms with van der Waals surface area (Å²) in [6.07, 6.45) is 1.11. The number of hydrogen-bond acceptors (Lipinski definition) is 7. The molecule has 0 unspecified atom stereocenters. The molecule has 1 aromatic carbocycles. The zero-order valence-corrected chi connectivity index (χ0v) is 15.3. The number of carbonyl (C=O) groups is 2. The zero-order valence-electron chi connectivity index (χ0n) is 14.5. The lowest BCUT2D eigenvalue weighted by Gasteiger charge is -2.27. The fraction of sp³-hybridized carbons (Fsp3) is 0.529. The Morgan fingerprint density at radius 2 is 2.04 bits per heavy atom. The van der Waals surface area contributed by atoms with Gasteiger partial charge in [-0.2, -0.15) is 0 Å². The summed E-state index contributed by atoms with van der Waals surface area (Å²) in [5, 5.41) is 0. The third-order valence-electron chi connectivity index (χ3n) is 4.37. The van der Waals surface area contributed by atoms with E-state index in [9.17, 15) is 18.0 Å². The quantitative estimate of drug-likeness (QED) is 0.676. The Morgan fingerprint density at radius 3 is 2.73 bits per heavy atom. The van der Waals surface area contributed by atoms with Gasteiger partial charge in [-0.05, 0) is 31.0 Å². The summed E-state index contributed by atoms with van der Waals surface area (Å²) in [6, 6.07) is 4.29. The van der Waals surface area contributed by atoms with Crippen LogP contribution >= 0.6 is 0 Å². The van der Waals surface area contributed by atoms with Crippen LogP contribution in [-0.2, 0) is 19.4 Å². The van der Waals surface area contributed by atoms with E-state index in [0.717, 1.165) is 0 Å². The summed E-state index contributed by atoms with van der Waals surface area (Å²) in [7, 11) is -3.10. The predicted octanol–water partition coefficient (Wildman–Crippen LogP) is 0.998. The molecule has 142 valence electrons. The molecule has 1 saturated heterocycles. The number of nitrogens with zero attached hydrogens (tertiary/aromatic N) is 1. The van der Waals surface area contributed by atoms with E-state index < -0.39 is 22.4 Å². The van der Waals surface area contributed by atoms with E-state index in [1.54, 1.807) is 6.07 Å². The van der Waals surface area contributed by atoms with Crippen LogP contribution in [-0.4, -0.2) is 62.7 Å². The molecule has 1 amide bonds. The molecule has 0 bridgehead atoms. The second-order valence-corrected chi connectivity index (χ2v) is 8.52. The average Bonchev–Trinajstić information content (AvgIpc) is 3.22. The smallest absolute Gasteiger partial charge is 0.338 e. The lowest BCUT2D eigenvalue weighted by molar-refractivity contribution is -0.136. The number of hydrogen-bond donors (Lipinski definition) is 0. The summed E-state index contributed by atoms with van der Waals surface area (Å²) in [4.78, 5) is 26.1. The summed E-state index contributed by atoms with van der Waals surface area (Å²) in [5.41, 5.74) is 0.257. The molecule has 1 aromatic rings. The van der Waals surface area contributed by atoms with Gasteiger partial charge < -0.3 is 19.1 Å². The summed E-state index contributed by atoms with van der Waals surface area (Å²) in [5.74, 6) is 0.0238. The first-order valence-electron chi connectivity index (χ1n) is 8.46. The summed E-state index contributed by atoms with van der Waals surface area (Å²) < 4.78 is 38.8. The van der Waals surface area contributed by atoms with Gasteiger partial charge in [0.15, 0.2) is 27.9 Å². The van der Waals surface area contributed by atoms with Crippen LogP contribution in [0, 0.1) is 0 Å². The molecule has 9 heteroatoms. The van der Waals surface area contributed by atoms with Gasteiger partial charge in [0.2, 0.25) is 6.79 Å². The maximum Gasteiger partial charge on any atom is 0.338 e. The third-order valence-corrected chi connectivity index (χ3v) is 6.12. The number of rotatable bonds is 6. The maximum atomic E-state index is 12.5. The minimum Gasteiger partial charge on any atom is -0.454 e. The molecule has 0 aliphatic carbocycles. The Morgan fingerprint density at radius 1 is 1.27 bits per heavy atom. The third kappa shape index (κ3) is 4.09. The lowest BCUT2D eigenvalue weighted by atomic mass is 10.2. The van der Waals surface area contributed by atoms with E-state index in [2.05, 4.69) is 0 Å². The highest BCUT2D eigenvalue weighted by atomic mass is 32.2. The molecule has 26 heavy (non-hydrogen) atoms. The molecule has 2 aliphatic heterocycles. The second kappa shape index (κ2) is 7.53. The van der Waals surface area contributed by atoms with Crippen LogP contribution in [0.25, 0.3) is 0 Å². The normalized spacial score (nSPS) is 20.0. The minimum atomic E-state index is -3.10. The fourth-order valence-corrected chi connectivity index (χ4v) is 4.82. The summed E-state index contributed by atoms with van der Waals surface area (Å²) in [6.45, 7) is 2.01. The van der Waals surface area contributed by atoms with Crippen LogP contribution in [0.1, 0.15) is 30.1 Å². The van der Waals surface area contributed by atoms with Crippen molar-refractivity contribution in [2.45, 2.75) is 25.8 Å².